The van der Waals surface area contributed by atoms with Crippen LogP contribution >= 0.6 is 147 Å². The van der Waals surface area contributed by atoms with Crippen molar-refractivity contribution in [3.63, 3.8) is 0 Å². The third-order valence-electron chi connectivity index (χ3n) is 10.3. The van der Waals surface area contributed by atoms with Gasteiger partial charge in [-0.25, -0.2) is 25.2 Å². The first-order valence-electron chi connectivity index (χ1n) is 35.8. The molecule has 0 radical (unpaired) electrons. The number of aliphatic hydroxyl groups is 4. The molecule has 16 nitrogen and oxygen atoms in total. The van der Waals surface area contributed by atoms with Crippen LogP contribution in [0.1, 0.15) is 66.4 Å². The number of thiophene rings is 13. The summed E-state index contributed by atoms with van der Waals surface area (Å²) in [6.45, 7) is 0. The van der Waals surface area contributed by atoms with E-state index in [1.165, 1.54) is 109 Å². The molecule has 99 heavy (non-hydrogen) atoms. The van der Waals surface area contributed by atoms with E-state index in [4.69, 9.17) is 27.4 Å². The Bertz CT molecular complexity index is 4950. The Hall–Kier alpha value is -5.85. The van der Waals surface area contributed by atoms with Gasteiger partial charge in [-0.15, -0.1) is 96.1 Å². The van der Waals surface area contributed by atoms with Gasteiger partial charge in [-0.05, 0) is 134 Å². The Balaban J connectivity index is 0.000000464. The Morgan fingerprint density at radius 1 is 0.364 bits per heavy atom. The van der Waals surface area contributed by atoms with Crippen molar-refractivity contribution in [3.05, 3.63) is 293 Å². The molecular weight excluding hydrogens is 1590 g/mol. The maximum Gasteiger partial charge on any atom is 2.00 e. The van der Waals surface area contributed by atoms with E-state index in [0.29, 0.717) is 65.0 Å². The van der Waals surface area contributed by atoms with Crippen LogP contribution in [0.25, 0.3) is 0 Å². The van der Waals surface area contributed by atoms with E-state index in [2.05, 4.69) is 43.9 Å². The number of methoxy groups -OCH3 is 4. The van der Waals surface area contributed by atoms with E-state index in [-0.39, 0.29) is 128 Å². The maximum absolute atomic E-state index is 12.1. The molecule has 31 heteroatoms. The summed E-state index contributed by atoms with van der Waals surface area (Å²) in [5, 5.41) is 62.1. The fourth-order valence-electron chi connectivity index (χ4n) is 6.14. The van der Waals surface area contributed by atoms with Gasteiger partial charge in [0.15, 0.2) is 0 Å². The monoisotopic (exact) mass is 1680 g/mol. The van der Waals surface area contributed by atoms with Crippen molar-refractivity contribution in [2.75, 3.05) is 42.7 Å². The SMILES string of the molecule is COC(=O)C(O)(c1cccs1)c1cccs1.COOC#COOC.[2H]c1ccc(C(O)(C(=O)OC)c2ccc([2H])s2)s1.[2H]c1ccc([2H])s1.[2H]c1csc(C(O)(C(=O)OC)c2scc([2H])c2[2H])c1[2H].[2H]c1cscc1[2H].[2H]c1sc(C(O)(C(=O)OC)c2sc([2H])c([2H])c2[2H])c([2H])c1[2H].[2H]c1sc([2H])c([2H])c1[2H].[Br-].[Mg+2].[c-]1cccs1.c1ccsc1. The van der Waals surface area contributed by atoms with Crippen LogP contribution < -0.4 is 17.0 Å². The van der Waals surface area contributed by atoms with Crippen molar-refractivity contribution in [2.24, 2.45) is 0 Å². The molecule has 0 fully saturated rings. The minimum Gasteiger partial charge on any atom is -1.00 e. The van der Waals surface area contributed by atoms with Gasteiger partial charge in [0, 0.05) is 0 Å². The van der Waals surface area contributed by atoms with Crippen molar-refractivity contribution in [1.29, 1.82) is 0 Å². The minimum absolute atomic E-state index is 0. The molecule has 0 spiro atoms. The normalized spacial score (nSPS) is 12.7. The number of halogens is 1. The zero-order valence-electron chi connectivity index (χ0n) is 71.9. The summed E-state index contributed by atoms with van der Waals surface area (Å²) in [5.41, 5.74) is -8.50. The van der Waals surface area contributed by atoms with E-state index in [1.807, 2.05) is 63.4 Å². The number of ether oxygens (including phenoxy) is 4. The Morgan fingerprint density at radius 2 is 0.717 bits per heavy atom. The van der Waals surface area contributed by atoms with Crippen LogP contribution in [0, 0.1) is 17.6 Å². The first-order valence-corrected chi connectivity index (χ1v) is 37.0. The van der Waals surface area contributed by atoms with E-state index < -0.39 is 70.5 Å². The molecule has 13 aromatic rings. The standard InChI is InChI=1S/4C11H10O3S2.C4H6O4.4C4H4S.C4H3S.BrH.Mg/c4*1-14-10(12)11(13,8-4-2-6-15-8)9-5-3-7-16-9;1-5-7-3-4-8-6-2;5*1-2-4-5-3-1;;/h4*2-7,13H,1H3;1-2H3;4*1-4H;1-3H;1H;/q;;;;;;;;;-1;;+2/p-1/i2D,3D,4D,5D,6D,7D;2D,3D,4D,5D;6D,7D;;;1D,2D,3D,4D;3D,4D;1D,2D;;;;. The van der Waals surface area contributed by atoms with Gasteiger partial charge in [0.1, 0.15) is 0 Å². The second-order valence-corrected chi connectivity index (χ2v) is 26.6. The number of hydrogen-bond donors (Lipinski definition) is 4. The molecule has 0 saturated heterocycles. The van der Waals surface area contributed by atoms with Gasteiger partial charge in [-0.3, -0.25) is 9.78 Å². The molecule has 13 aromatic heterocycles. The predicted molar refractivity (Wildman–Crippen MR) is 405 cm³/mol. The molecule has 0 aliphatic carbocycles. The third kappa shape index (κ3) is 29.2. The molecule has 13 heterocycles. The summed E-state index contributed by atoms with van der Waals surface area (Å²) in [6.07, 6.45) is 4.03. The molecule has 0 aromatic carbocycles. The second kappa shape index (κ2) is 52.2. The maximum atomic E-state index is 12.1. The smallest absolute Gasteiger partial charge is 1.00 e. The molecule has 0 atom stereocenters. The molecule has 4 N–H and O–H groups in total. The molecule has 0 bridgehead atoms. The van der Waals surface area contributed by atoms with Gasteiger partial charge in [0.2, 0.25) is 34.6 Å². The van der Waals surface area contributed by atoms with Crippen LogP contribution in [-0.2, 0) is 80.1 Å². The zero-order chi connectivity index (χ0) is 87.7. The summed E-state index contributed by atoms with van der Waals surface area (Å²) < 4.78 is 165. The molecule has 0 unspecified atom stereocenters. The first-order chi connectivity index (χ1) is 55.3. The number of rotatable bonds is 14. The molecule has 0 amide bonds. The largest absolute Gasteiger partial charge is 2.00 e. The number of carbonyl (C=O) groups is 4. The molecule has 0 aliphatic rings. The molecule has 520 valence electrons. The Labute approximate surface area is 681 Å². The summed E-state index contributed by atoms with van der Waals surface area (Å²) in [4.78, 5) is 65.0. The fraction of sp³-hybridized carbons (Fsp3) is 0.147. The van der Waals surface area contributed by atoms with Gasteiger partial charge in [-0.2, -0.15) is 66.6 Å². The van der Waals surface area contributed by atoms with E-state index >= 15 is 0 Å². The average Bonchev–Trinajstić information content (AvgIpc) is 1.61. The van der Waals surface area contributed by atoms with Crippen molar-refractivity contribution >= 4 is 194 Å². The minimum atomic E-state index is -2.58. The van der Waals surface area contributed by atoms with Crippen LogP contribution in [0.3, 0.4) is 0 Å². The van der Waals surface area contributed by atoms with Crippen LogP contribution in [0.4, 0.5) is 0 Å². The topological polar surface area (TPSA) is 223 Å². The van der Waals surface area contributed by atoms with Crippen LogP contribution in [0.5, 0.6) is 0 Å². The number of hydrogen-bond acceptors (Lipinski definition) is 29. The first kappa shape index (κ1) is 60.7. The summed E-state index contributed by atoms with van der Waals surface area (Å²) in [7, 11) is 7.23. The number of esters is 4. The Kier molecular flexibility index (Phi) is 32.0. The average molecular weight is 1680 g/mol. The van der Waals surface area contributed by atoms with Crippen molar-refractivity contribution in [2.45, 2.75) is 22.4 Å². The summed E-state index contributed by atoms with van der Waals surface area (Å²) >= 11 is 14.2. The van der Waals surface area contributed by atoms with E-state index in [9.17, 15) is 39.6 Å². The van der Waals surface area contributed by atoms with Crippen molar-refractivity contribution in [1.82, 2.24) is 0 Å². The number of carbonyl (C=O) groups excluding carboxylic acids is 4. The fourth-order valence-corrected chi connectivity index (χ4v) is 14.0. The molecule has 0 aliphatic heterocycles. The van der Waals surface area contributed by atoms with Crippen LogP contribution in [0.15, 0.2) is 249 Å². The second-order valence-electron chi connectivity index (χ2n) is 15.9. The van der Waals surface area contributed by atoms with E-state index in [1.54, 1.807) is 69.8 Å². The van der Waals surface area contributed by atoms with Gasteiger partial charge < -0.3 is 67.7 Å². The third-order valence-corrected chi connectivity index (χ3v) is 20.0. The van der Waals surface area contributed by atoms with Gasteiger partial charge in [-0.1, -0.05) is 96.9 Å². The molecule has 0 saturated carbocycles. The van der Waals surface area contributed by atoms with Gasteiger partial charge >= 0.3 is 46.9 Å². The van der Waals surface area contributed by atoms with Crippen molar-refractivity contribution in [3.8, 4) is 12.2 Å². The van der Waals surface area contributed by atoms with Crippen LogP contribution in [-0.4, -0.2) is 110 Å². The van der Waals surface area contributed by atoms with Crippen LogP contribution in [0.2, 0.25) is 0 Å². The quantitative estimate of drug-likeness (QED) is 0.0151. The molecular formula is C68H65BrMgO16S13. The summed E-state index contributed by atoms with van der Waals surface area (Å²) in [5.74, 6) is -3.70. The van der Waals surface area contributed by atoms with E-state index in [0.717, 1.165) is 70.9 Å². The Morgan fingerprint density at radius 3 is 0.939 bits per heavy atom. The summed E-state index contributed by atoms with van der Waals surface area (Å²) in [6, 6.07) is 21.8. The zero-order valence-corrected chi connectivity index (χ0v) is 65.5. The van der Waals surface area contributed by atoms with Gasteiger partial charge in [0.05, 0.1) is 109 Å². The molecule has 13 rings (SSSR count). The van der Waals surface area contributed by atoms with Gasteiger partial charge in [0.25, 0.3) is 0 Å². The predicted octanol–water partition coefficient (Wildman–Crippen LogP) is 14.1. The van der Waals surface area contributed by atoms with Crippen molar-refractivity contribution < 1.29 is 122 Å².